The zero-order valence-electron chi connectivity index (χ0n) is 19.6. The van der Waals surface area contributed by atoms with E-state index < -0.39 is 41.9 Å². The molecule has 4 saturated carbocycles. The molecule has 1 aromatic rings. The third-order valence-electron chi connectivity index (χ3n) is 8.43. The molecule has 4 aliphatic carbocycles. The molecule has 2 atom stereocenters. The van der Waals surface area contributed by atoms with E-state index in [0.29, 0.717) is 23.3 Å². The summed E-state index contributed by atoms with van der Waals surface area (Å²) < 4.78 is 19.2. The van der Waals surface area contributed by atoms with Gasteiger partial charge in [-0.15, -0.1) is 0 Å². The normalized spacial score (nSPS) is 33.7. The second-order valence-corrected chi connectivity index (χ2v) is 11.0. The van der Waals surface area contributed by atoms with E-state index in [-0.39, 0.29) is 25.4 Å². The lowest BCUT2D eigenvalue weighted by Crippen LogP contribution is -2.56. The van der Waals surface area contributed by atoms with Crippen LogP contribution in [0.15, 0.2) is 24.3 Å². The first-order valence-electron chi connectivity index (χ1n) is 12.4. The molecule has 6 rings (SSSR count). The van der Waals surface area contributed by atoms with Crippen LogP contribution in [0.25, 0.3) is 0 Å². The molecule has 1 aromatic carbocycles. The van der Waals surface area contributed by atoms with Crippen molar-refractivity contribution >= 4 is 17.8 Å². The average molecular weight is 473 g/mol. The van der Waals surface area contributed by atoms with Crippen LogP contribution in [-0.2, 0) is 25.7 Å². The molecule has 1 saturated heterocycles. The number of hydrogen-bond donors (Lipinski definition) is 1. The number of ether oxygens (including phenoxy) is 1. The van der Waals surface area contributed by atoms with Gasteiger partial charge in [0.05, 0.1) is 11.5 Å². The van der Waals surface area contributed by atoms with E-state index in [0.717, 1.165) is 19.3 Å². The van der Waals surface area contributed by atoms with Crippen molar-refractivity contribution in [2.24, 2.45) is 23.2 Å². The fourth-order valence-corrected chi connectivity index (χ4v) is 7.25. The predicted octanol–water partition coefficient (Wildman–Crippen LogP) is 2.51. The van der Waals surface area contributed by atoms with Gasteiger partial charge in [-0.1, -0.05) is 18.2 Å². The third kappa shape index (κ3) is 4.32. The Morgan fingerprint density at radius 2 is 1.71 bits per heavy atom. The highest BCUT2D eigenvalue weighted by Gasteiger charge is 2.57. The van der Waals surface area contributed by atoms with Crippen LogP contribution >= 0.6 is 0 Å². The predicted molar refractivity (Wildman–Crippen MR) is 121 cm³/mol. The Balaban J connectivity index is 1.20. The minimum absolute atomic E-state index is 0.0203. The number of carbonyl (C=O) groups is 3. The molecule has 184 valence electrons. The van der Waals surface area contributed by atoms with Crippen LogP contribution in [0, 0.1) is 29.0 Å². The standard InChI is InChI=1S/C26H33FN2O5/c1-28(13-19-4-2-3-5-21(19)27)23(31)15-34-24(32)22-9-20(30)14-29(22)25(33)26-10-16-6-17(11-26)8-18(7-16)12-26/h2-5,16-18,20,22,30H,6-15H2,1H3/t16?,17?,18?,20?,22-,26?/m0/s1. The van der Waals surface area contributed by atoms with E-state index in [1.54, 1.807) is 18.2 Å². The molecule has 1 N–H and O–H groups in total. The third-order valence-corrected chi connectivity index (χ3v) is 8.43. The van der Waals surface area contributed by atoms with Gasteiger partial charge >= 0.3 is 5.97 Å². The van der Waals surface area contributed by atoms with Crippen molar-refractivity contribution in [1.29, 1.82) is 0 Å². The zero-order valence-corrected chi connectivity index (χ0v) is 19.6. The number of amides is 2. The Labute approximate surface area is 199 Å². The lowest BCUT2D eigenvalue weighted by Gasteiger charge is -2.56. The highest BCUT2D eigenvalue weighted by Crippen LogP contribution is 2.60. The smallest absolute Gasteiger partial charge is 0.329 e. The Morgan fingerprint density at radius 1 is 1.09 bits per heavy atom. The summed E-state index contributed by atoms with van der Waals surface area (Å²) in [6, 6.07) is 5.32. The first-order valence-corrected chi connectivity index (χ1v) is 12.4. The summed E-state index contributed by atoms with van der Waals surface area (Å²) in [6.07, 6.45) is 5.61. The van der Waals surface area contributed by atoms with Crippen LogP contribution in [0.1, 0.15) is 50.5 Å². The van der Waals surface area contributed by atoms with Gasteiger partial charge in [0.2, 0.25) is 5.91 Å². The van der Waals surface area contributed by atoms with Gasteiger partial charge in [0.15, 0.2) is 6.61 Å². The lowest BCUT2D eigenvalue weighted by atomic mass is 9.49. The number of aliphatic hydroxyl groups excluding tert-OH is 1. The van der Waals surface area contributed by atoms with E-state index in [4.69, 9.17) is 4.74 Å². The molecule has 0 spiro atoms. The van der Waals surface area contributed by atoms with E-state index in [9.17, 15) is 23.9 Å². The summed E-state index contributed by atoms with van der Waals surface area (Å²) in [4.78, 5) is 42.0. The van der Waals surface area contributed by atoms with Crippen molar-refractivity contribution in [3.63, 3.8) is 0 Å². The van der Waals surface area contributed by atoms with Crippen LogP contribution in [0.4, 0.5) is 4.39 Å². The number of rotatable bonds is 6. The van der Waals surface area contributed by atoms with E-state index in [1.165, 1.54) is 42.2 Å². The quantitative estimate of drug-likeness (QED) is 0.643. The van der Waals surface area contributed by atoms with E-state index in [1.807, 2.05) is 0 Å². The molecule has 8 heteroatoms. The first kappa shape index (κ1) is 23.3. The molecule has 0 radical (unpaired) electrons. The lowest BCUT2D eigenvalue weighted by molar-refractivity contribution is -0.166. The molecule has 1 heterocycles. The van der Waals surface area contributed by atoms with Crippen molar-refractivity contribution in [1.82, 2.24) is 9.80 Å². The zero-order chi connectivity index (χ0) is 24.0. The van der Waals surface area contributed by atoms with Gasteiger partial charge in [0, 0.05) is 32.1 Å². The summed E-state index contributed by atoms with van der Waals surface area (Å²) in [5, 5.41) is 10.3. The number of β-amino-alcohol motifs (C(OH)–C–C–N with tert-alkyl or cyclic N) is 1. The highest BCUT2D eigenvalue weighted by molar-refractivity contribution is 5.90. The Bertz CT molecular complexity index is 946. The van der Waals surface area contributed by atoms with Gasteiger partial charge < -0.3 is 19.6 Å². The van der Waals surface area contributed by atoms with Crippen LogP contribution < -0.4 is 0 Å². The number of benzene rings is 1. The van der Waals surface area contributed by atoms with Crippen LogP contribution in [0.5, 0.6) is 0 Å². The summed E-state index contributed by atoms with van der Waals surface area (Å²) in [6.45, 7) is -0.306. The second-order valence-electron chi connectivity index (χ2n) is 11.0. The largest absolute Gasteiger partial charge is 0.454 e. The van der Waals surface area contributed by atoms with Gasteiger partial charge in [0.1, 0.15) is 11.9 Å². The van der Waals surface area contributed by atoms with Crippen molar-refractivity contribution in [2.75, 3.05) is 20.2 Å². The Hall–Kier alpha value is -2.48. The Kier molecular flexibility index (Phi) is 6.12. The van der Waals surface area contributed by atoms with E-state index >= 15 is 0 Å². The molecule has 1 unspecified atom stereocenters. The minimum Gasteiger partial charge on any atom is -0.454 e. The van der Waals surface area contributed by atoms with E-state index in [2.05, 4.69) is 0 Å². The molecular weight excluding hydrogens is 439 g/mol. The fourth-order valence-electron chi connectivity index (χ4n) is 7.25. The molecule has 7 nitrogen and oxygen atoms in total. The number of aliphatic hydroxyl groups is 1. The summed E-state index contributed by atoms with van der Waals surface area (Å²) in [5.74, 6) is 0.226. The van der Waals surface area contributed by atoms with Gasteiger partial charge in [-0.25, -0.2) is 9.18 Å². The molecular formula is C26H33FN2O5. The SMILES string of the molecule is CN(Cc1ccccc1F)C(=O)COC(=O)[C@@H]1CC(O)CN1C(=O)C12CC3CC(CC(C3)C1)C2. The van der Waals surface area contributed by atoms with Crippen LogP contribution in [0.2, 0.25) is 0 Å². The molecule has 0 aromatic heterocycles. The Morgan fingerprint density at radius 3 is 2.32 bits per heavy atom. The number of esters is 1. The number of likely N-dealkylation sites (N-methyl/N-ethyl adjacent to an activating group) is 1. The van der Waals surface area contributed by atoms with Crippen molar-refractivity contribution in [3.05, 3.63) is 35.6 Å². The maximum Gasteiger partial charge on any atom is 0.329 e. The van der Waals surface area contributed by atoms with Gasteiger partial charge in [-0.05, 0) is 62.3 Å². The topological polar surface area (TPSA) is 87.2 Å². The van der Waals surface area contributed by atoms with Gasteiger partial charge in [0.25, 0.3) is 5.91 Å². The highest BCUT2D eigenvalue weighted by atomic mass is 19.1. The first-order chi connectivity index (χ1) is 16.2. The number of carbonyl (C=O) groups excluding carboxylic acids is 3. The minimum atomic E-state index is -0.875. The molecule has 2 amide bonds. The molecule has 4 bridgehead atoms. The molecule has 1 aliphatic heterocycles. The maximum atomic E-state index is 13.9. The number of hydrogen-bond acceptors (Lipinski definition) is 5. The monoisotopic (exact) mass is 472 g/mol. The summed E-state index contributed by atoms with van der Waals surface area (Å²) in [5.41, 5.74) is -0.0384. The summed E-state index contributed by atoms with van der Waals surface area (Å²) in [7, 11) is 1.52. The van der Waals surface area contributed by atoms with Gasteiger partial charge in [-0.2, -0.15) is 0 Å². The van der Waals surface area contributed by atoms with Crippen LogP contribution in [0.3, 0.4) is 0 Å². The molecule has 5 aliphatic rings. The fraction of sp³-hybridized carbons (Fsp3) is 0.654. The number of likely N-dealkylation sites (tertiary alicyclic amines) is 1. The van der Waals surface area contributed by atoms with Crippen molar-refractivity contribution in [3.8, 4) is 0 Å². The van der Waals surface area contributed by atoms with Crippen LogP contribution in [-0.4, -0.2) is 65.0 Å². The van der Waals surface area contributed by atoms with Gasteiger partial charge in [-0.3, -0.25) is 9.59 Å². The molecule has 5 fully saturated rings. The molecule has 34 heavy (non-hydrogen) atoms. The average Bonchev–Trinajstić information content (AvgIpc) is 3.18. The second kappa shape index (κ2) is 8.95. The summed E-state index contributed by atoms with van der Waals surface area (Å²) >= 11 is 0. The number of halogens is 1. The number of nitrogens with zero attached hydrogens (tertiary/aromatic N) is 2. The maximum absolute atomic E-state index is 13.9. The van der Waals surface area contributed by atoms with Crippen molar-refractivity contribution < 1.29 is 28.6 Å². The van der Waals surface area contributed by atoms with Crippen molar-refractivity contribution in [2.45, 2.75) is 63.6 Å².